The average molecular weight is 245 g/mol. The molecule has 0 radical (unpaired) electrons. The molecule has 0 spiro atoms. The highest BCUT2D eigenvalue weighted by atomic mass is 16.4. The van der Waals surface area contributed by atoms with Crippen molar-refractivity contribution in [3.8, 4) is 0 Å². The lowest BCUT2D eigenvalue weighted by atomic mass is 9.98. The fourth-order valence-electron chi connectivity index (χ4n) is 2.32. The minimum absolute atomic E-state index is 0.191. The molecule has 3 heteroatoms. The molecule has 0 aromatic heterocycles. The molecule has 96 valence electrons. The number of nitrogens with zero attached hydrogens (tertiary/aromatic N) is 1. The topological polar surface area (TPSA) is 40.5 Å². The second-order valence-corrected chi connectivity index (χ2v) is 4.75. The molecular weight excluding hydrogens is 226 g/mol. The number of piperidine rings is 1. The number of likely N-dealkylation sites (tertiary alicyclic amines) is 1. The summed E-state index contributed by atoms with van der Waals surface area (Å²) in [6.07, 6.45) is 5.99. The van der Waals surface area contributed by atoms with Gasteiger partial charge in [-0.15, -0.1) is 0 Å². The van der Waals surface area contributed by atoms with Crippen LogP contribution in [0.2, 0.25) is 0 Å². The van der Waals surface area contributed by atoms with Crippen molar-refractivity contribution in [3.63, 3.8) is 0 Å². The zero-order chi connectivity index (χ0) is 12.8. The summed E-state index contributed by atoms with van der Waals surface area (Å²) in [5, 5.41) is 9.01. The average Bonchev–Trinajstić information content (AvgIpc) is 2.40. The van der Waals surface area contributed by atoms with Crippen LogP contribution in [-0.2, 0) is 4.79 Å². The monoisotopic (exact) mass is 245 g/mol. The van der Waals surface area contributed by atoms with Gasteiger partial charge < -0.3 is 5.11 Å². The van der Waals surface area contributed by atoms with Crippen molar-refractivity contribution in [2.24, 2.45) is 5.92 Å². The van der Waals surface area contributed by atoms with Gasteiger partial charge in [0.25, 0.3) is 0 Å². The van der Waals surface area contributed by atoms with Crippen LogP contribution in [0, 0.1) is 5.92 Å². The molecule has 0 bridgehead atoms. The molecule has 1 aliphatic heterocycles. The van der Waals surface area contributed by atoms with Crippen LogP contribution in [0.3, 0.4) is 0 Å². The number of aliphatic carboxylic acids is 1. The Balaban J connectivity index is 1.83. The van der Waals surface area contributed by atoms with E-state index in [9.17, 15) is 4.79 Å². The van der Waals surface area contributed by atoms with Gasteiger partial charge >= 0.3 is 5.97 Å². The Kier molecular flexibility index (Phi) is 4.53. The van der Waals surface area contributed by atoms with Crippen molar-refractivity contribution in [1.82, 2.24) is 4.90 Å². The Morgan fingerprint density at radius 3 is 2.89 bits per heavy atom. The quantitative estimate of drug-likeness (QED) is 0.886. The number of carboxylic acid groups (broad SMARTS) is 1. The van der Waals surface area contributed by atoms with Crippen molar-refractivity contribution < 1.29 is 9.90 Å². The lowest BCUT2D eigenvalue weighted by Crippen LogP contribution is -2.38. The van der Waals surface area contributed by atoms with Gasteiger partial charge in [-0.25, -0.2) is 0 Å². The molecule has 18 heavy (non-hydrogen) atoms. The molecule has 3 nitrogen and oxygen atoms in total. The molecule has 1 aromatic carbocycles. The van der Waals surface area contributed by atoms with E-state index in [-0.39, 0.29) is 5.92 Å². The van der Waals surface area contributed by atoms with Gasteiger partial charge in [0.2, 0.25) is 0 Å². The molecule has 1 heterocycles. The Morgan fingerprint density at radius 1 is 1.39 bits per heavy atom. The molecule has 1 fully saturated rings. The molecule has 1 unspecified atom stereocenters. The summed E-state index contributed by atoms with van der Waals surface area (Å²) < 4.78 is 0. The van der Waals surface area contributed by atoms with E-state index in [1.807, 2.05) is 18.2 Å². The van der Waals surface area contributed by atoms with Gasteiger partial charge in [-0.1, -0.05) is 42.5 Å². The molecule has 1 saturated heterocycles. The second-order valence-electron chi connectivity index (χ2n) is 4.75. The number of hydrogen-bond donors (Lipinski definition) is 1. The Bertz CT molecular complexity index is 414. The highest BCUT2D eigenvalue weighted by Crippen LogP contribution is 2.16. The molecule has 0 saturated carbocycles. The van der Waals surface area contributed by atoms with Gasteiger partial charge in [0.15, 0.2) is 0 Å². The third kappa shape index (κ3) is 3.70. The van der Waals surface area contributed by atoms with Crippen LogP contribution < -0.4 is 0 Å². The second kappa shape index (κ2) is 6.36. The van der Waals surface area contributed by atoms with Crippen molar-refractivity contribution in [2.45, 2.75) is 12.8 Å². The van der Waals surface area contributed by atoms with Crippen LogP contribution in [0.4, 0.5) is 0 Å². The third-order valence-corrected chi connectivity index (χ3v) is 3.33. The summed E-state index contributed by atoms with van der Waals surface area (Å²) in [6, 6.07) is 10.2. The van der Waals surface area contributed by atoms with Crippen molar-refractivity contribution in [3.05, 3.63) is 42.0 Å². The first-order chi connectivity index (χ1) is 8.75. The number of hydrogen-bond acceptors (Lipinski definition) is 2. The smallest absolute Gasteiger partial charge is 0.307 e. The van der Waals surface area contributed by atoms with Crippen molar-refractivity contribution in [2.75, 3.05) is 19.6 Å². The van der Waals surface area contributed by atoms with Gasteiger partial charge in [0.1, 0.15) is 0 Å². The molecule has 2 rings (SSSR count). The summed E-state index contributed by atoms with van der Waals surface area (Å²) in [4.78, 5) is 13.2. The van der Waals surface area contributed by atoms with Gasteiger partial charge in [0, 0.05) is 13.1 Å². The Hall–Kier alpha value is -1.61. The summed E-state index contributed by atoms with van der Waals surface area (Å²) >= 11 is 0. The first-order valence-electron chi connectivity index (χ1n) is 6.42. The minimum atomic E-state index is -0.660. The van der Waals surface area contributed by atoms with Gasteiger partial charge in [-0.3, -0.25) is 9.69 Å². The minimum Gasteiger partial charge on any atom is -0.481 e. The number of rotatable bonds is 4. The highest BCUT2D eigenvalue weighted by molar-refractivity contribution is 5.70. The van der Waals surface area contributed by atoms with Gasteiger partial charge in [-0.05, 0) is 24.9 Å². The molecule has 0 aliphatic carbocycles. The number of carboxylic acids is 1. The van der Waals surface area contributed by atoms with Crippen molar-refractivity contribution in [1.29, 1.82) is 0 Å². The molecule has 1 aromatic rings. The van der Waals surface area contributed by atoms with E-state index < -0.39 is 5.97 Å². The molecule has 0 amide bonds. The Labute approximate surface area is 108 Å². The lowest BCUT2D eigenvalue weighted by Gasteiger charge is -2.29. The fourth-order valence-corrected chi connectivity index (χ4v) is 2.32. The first-order valence-corrected chi connectivity index (χ1v) is 6.42. The van der Waals surface area contributed by atoms with Crippen LogP contribution in [0.5, 0.6) is 0 Å². The van der Waals surface area contributed by atoms with E-state index in [0.717, 1.165) is 25.9 Å². The Morgan fingerprint density at radius 2 is 2.17 bits per heavy atom. The number of benzene rings is 1. The third-order valence-electron chi connectivity index (χ3n) is 3.33. The molecule has 1 aliphatic rings. The van der Waals surface area contributed by atoms with E-state index >= 15 is 0 Å². The lowest BCUT2D eigenvalue weighted by molar-refractivity contribution is -0.143. The largest absolute Gasteiger partial charge is 0.481 e. The molecule has 1 atom stereocenters. The van der Waals surface area contributed by atoms with Crippen LogP contribution in [0.1, 0.15) is 18.4 Å². The summed E-state index contributed by atoms with van der Waals surface area (Å²) in [7, 11) is 0. The van der Waals surface area contributed by atoms with E-state index in [4.69, 9.17) is 5.11 Å². The summed E-state index contributed by atoms with van der Waals surface area (Å²) in [6.45, 7) is 2.51. The zero-order valence-corrected chi connectivity index (χ0v) is 10.5. The van der Waals surface area contributed by atoms with E-state index in [2.05, 4.69) is 29.2 Å². The van der Waals surface area contributed by atoms with E-state index in [1.54, 1.807) is 0 Å². The maximum Gasteiger partial charge on any atom is 0.307 e. The van der Waals surface area contributed by atoms with Crippen molar-refractivity contribution >= 4 is 12.0 Å². The maximum absolute atomic E-state index is 11.0. The first kappa shape index (κ1) is 12.8. The number of carbonyl (C=O) groups is 1. The standard InChI is InChI=1S/C15H19NO2/c17-15(18)14-9-5-11-16(12-14)10-4-8-13-6-2-1-3-7-13/h1-4,6-8,14H,5,9-12H2,(H,17,18)/b8-4+. The molecule has 1 N–H and O–H groups in total. The zero-order valence-electron chi connectivity index (χ0n) is 10.5. The fraction of sp³-hybridized carbons (Fsp3) is 0.400. The van der Waals surface area contributed by atoms with E-state index in [0.29, 0.717) is 6.54 Å². The normalized spacial score (nSPS) is 21.2. The van der Waals surface area contributed by atoms with Crippen LogP contribution >= 0.6 is 0 Å². The summed E-state index contributed by atoms with van der Waals surface area (Å²) in [5.74, 6) is -0.851. The van der Waals surface area contributed by atoms with Crippen LogP contribution in [-0.4, -0.2) is 35.6 Å². The van der Waals surface area contributed by atoms with Crippen LogP contribution in [0.25, 0.3) is 6.08 Å². The predicted octanol–water partition coefficient (Wildman–Crippen LogP) is 2.50. The van der Waals surface area contributed by atoms with E-state index in [1.165, 1.54) is 5.56 Å². The maximum atomic E-state index is 11.0. The van der Waals surface area contributed by atoms with Gasteiger partial charge in [-0.2, -0.15) is 0 Å². The van der Waals surface area contributed by atoms with Gasteiger partial charge in [0.05, 0.1) is 5.92 Å². The SMILES string of the molecule is O=C(O)C1CCCN(C/C=C/c2ccccc2)C1. The highest BCUT2D eigenvalue weighted by Gasteiger charge is 2.24. The van der Waals surface area contributed by atoms with Crippen LogP contribution in [0.15, 0.2) is 36.4 Å². The molecular formula is C15H19NO2. The summed E-state index contributed by atoms with van der Waals surface area (Å²) in [5.41, 5.74) is 1.18. The predicted molar refractivity (Wildman–Crippen MR) is 72.3 cm³/mol.